The van der Waals surface area contributed by atoms with Crippen LogP contribution in [-0.2, 0) is 11.2 Å². The van der Waals surface area contributed by atoms with Crippen LogP contribution in [0.4, 0.5) is 0 Å². The van der Waals surface area contributed by atoms with Crippen LogP contribution in [0, 0.1) is 20.8 Å². The molecule has 0 aliphatic carbocycles. The van der Waals surface area contributed by atoms with E-state index in [1.807, 2.05) is 74.4 Å². The standard InChI is InChI=1S/C18H20O4.3C2H6/c1-11-10-15(5-6-16(11)19)22-18-12(2)8-14(9-13(18)3)4-7-17(20)21;3*1-2/h5-6,8-10,19H,4,7H2,1-3H3,(H,20,21);3*1-2H3. The third-order valence-corrected chi connectivity index (χ3v) is 3.54. The van der Waals surface area contributed by atoms with Crippen LogP contribution in [0.2, 0.25) is 0 Å². The molecule has 28 heavy (non-hydrogen) atoms. The smallest absolute Gasteiger partial charge is 0.303 e. The summed E-state index contributed by atoms with van der Waals surface area (Å²) in [5.74, 6) is 0.879. The molecule has 158 valence electrons. The maximum Gasteiger partial charge on any atom is 0.303 e. The number of rotatable bonds is 5. The fourth-order valence-electron chi connectivity index (χ4n) is 2.41. The Hall–Kier alpha value is -2.49. The Labute approximate surface area is 171 Å². The van der Waals surface area contributed by atoms with Gasteiger partial charge in [-0.15, -0.1) is 0 Å². The Morgan fingerprint density at radius 1 is 0.857 bits per heavy atom. The van der Waals surface area contributed by atoms with Gasteiger partial charge in [0.2, 0.25) is 0 Å². The predicted molar refractivity (Wildman–Crippen MR) is 119 cm³/mol. The lowest BCUT2D eigenvalue weighted by Crippen LogP contribution is -1.99. The van der Waals surface area contributed by atoms with Gasteiger partial charge in [-0.3, -0.25) is 4.79 Å². The van der Waals surface area contributed by atoms with Crippen molar-refractivity contribution < 1.29 is 19.7 Å². The topological polar surface area (TPSA) is 66.8 Å². The molecule has 2 rings (SSSR count). The van der Waals surface area contributed by atoms with Crippen LogP contribution in [0.3, 0.4) is 0 Å². The second-order valence-corrected chi connectivity index (χ2v) is 5.50. The predicted octanol–water partition coefficient (Wildman–Crippen LogP) is 7.21. The number of aryl methyl sites for hydroxylation is 4. The summed E-state index contributed by atoms with van der Waals surface area (Å²) in [6.07, 6.45) is 0.631. The molecule has 0 fully saturated rings. The number of hydrogen-bond acceptors (Lipinski definition) is 3. The van der Waals surface area contributed by atoms with Crippen molar-refractivity contribution in [1.82, 2.24) is 0 Å². The van der Waals surface area contributed by atoms with Gasteiger partial charge in [0.25, 0.3) is 0 Å². The molecular formula is C24H38O4. The summed E-state index contributed by atoms with van der Waals surface area (Å²) in [5, 5.41) is 18.3. The highest BCUT2D eigenvalue weighted by atomic mass is 16.5. The molecule has 0 aliphatic rings. The molecule has 0 bridgehead atoms. The fraction of sp³-hybridized carbons (Fsp3) is 0.458. The molecule has 0 atom stereocenters. The molecule has 2 N–H and O–H groups in total. The van der Waals surface area contributed by atoms with Crippen molar-refractivity contribution >= 4 is 5.97 Å². The first kappa shape index (κ1) is 27.7. The van der Waals surface area contributed by atoms with Gasteiger partial charge < -0.3 is 14.9 Å². The molecule has 0 aliphatic heterocycles. The normalized spacial score (nSPS) is 8.89. The SMILES string of the molecule is CC.CC.CC.Cc1cc(Oc2c(C)cc(CCC(=O)O)cc2C)ccc1O. The average molecular weight is 391 g/mol. The maximum atomic E-state index is 10.7. The largest absolute Gasteiger partial charge is 0.508 e. The van der Waals surface area contributed by atoms with Crippen molar-refractivity contribution in [1.29, 1.82) is 0 Å². The minimum absolute atomic E-state index is 0.121. The minimum atomic E-state index is -0.796. The van der Waals surface area contributed by atoms with Gasteiger partial charge in [-0.2, -0.15) is 0 Å². The molecule has 0 amide bonds. The zero-order valence-electron chi connectivity index (χ0n) is 19.0. The van der Waals surface area contributed by atoms with Gasteiger partial charge >= 0.3 is 5.97 Å². The number of benzene rings is 2. The average Bonchev–Trinajstić information content (AvgIpc) is 2.70. The van der Waals surface area contributed by atoms with E-state index < -0.39 is 5.97 Å². The van der Waals surface area contributed by atoms with Crippen LogP contribution in [0.5, 0.6) is 17.2 Å². The Morgan fingerprint density at radius 2 is 1.36 bits per heavy atom. The number of ether oxygens (including phenoxy) is 1. The van der Waals surface area contributed by atoms with Crippen molar-refractivity contribution in [3.63, 3.8) is 0 Å². The summed E-state index contributed by atoms with van der Waals surface area (Å²) >= 11 is 0. The van der Waals surface area contributed by atoms with E-state index in [1.165, 1.54) is 0 Å². The van der Waals surface area contributed by atoms with Crippen LogP contribution in [0.25, 0.3) is 0 Å². The quantitative estimate of drug-likeness (QED) is 0.566. The number of carbonyl (C=O) groups is 1. The highest BCUT2D eigenvalue weighted by Gasteiger charge is 2.10. The molecule has 2 aromatic rings. The van der Waals surface area contributed by atoms with Gasteiger partial charge in [-0.1, -0.05) is 53.7 Å². The van der Waals surface area contributed by atoms with E-state index in [4.69, 9.17) is 9.84 Å². The van der Waals surface area contributed by atoms with Gasteiger partial charge in [0.15, 0.2) is 0 Å². The second kappa shape index (κ2) is 15.6. The van der Waals surface area contributed by atoms with Crippen LogP contribution < -0.4 is 4.74 Å². The lowest BCUT2D eigenvalue weighted by atomic mass is 10.0. The van der Waals surface area contributed by atoms with E-state index >= 15 is 0 Å². The van der Waals surface area contributed by atoms with Crippen LogP contribution >= 0.6 is 0 Å². The van der Waals surface area contributed by atoms with E-state index in [2.05, 4.69) is 0 Å². The Morgan fingerprint density at radius 3 is 1.79 bits per heavy atom. The van der Waals surface area contributed by atoms with Crippen molar-refractivity contribution in [2.24, 2.45) is 0 Å². The van der Waals surface area contributed by atoms with Gasteiger partial charge in [0.05, 0.1) is 0 Å². The number of hydrogen-bond donors (Lipinski definition) is 2. The highest BCUT2D eigenvalue weighted by molar-refractivity contribution is 5.67. The summed E-state index contributed by atoms with van der Waals surface area (Å²) in [7, 11) is 0. The molecule has 0 spiro atoms. The molecule has 0 saturated heterocycles. The molecule has 2 aromatic carbocycles. The zero-order valence-corrected chi connectivity index (χ0v) is 19.0. The Bertz CT molecular complexity index is 683. The van der Waals surface area contributed by atoms with Gasteiger partial charge in [-0.05, 0) is 67.6 Å². The molecule has 0 heterocycles. The summed E-state index contributed by atoms with van der Waals surface area (Å²) in [6.45, 7) is 17.7. The van der Waals surface area contributed by atoms with Gasteiger partial charge in [0, 0.05) is 6.42 Å². The monoisotopic (exact) mass is 390 g/mol. The van der Waals surface area contributed by atoms with Gasteiger partial charge in [0.1, 0.15) is 17.2 Å². The lowest BCUT2D eigenvalue weighted by molar-refractivity contribution is -0.136. The fourth-order valence-corrected chi connectivity index (χ4v) is 2.41. The molecule has 0 saturated carbocycles. The number of phenols is 1. The molecule has 0 aromatic heterocycles. The highest BCUT2D eigenvalue weighted by Crippen LogP contribution is 2.32. The van der Waals surface area contributed by atoms with Crippen LogP contribution in [-0.4, -0.2) is 16.2 Å². The number of carboxylic acids is 1. The molecule has 0 radical (unpaired) electrons. The van der Waals surface area contributed by atoms with E-state index in [0.717, 1.165) is 28.0 Å². The maximum absolute atomic E-state index is 10.7. The Balaban J connectivity index is 0. The third kappa shape index (κ3) is 9.45. The van der Waals surface area contributed by atoms with Crippen molar-refractivity contribution in [2.75, 3.05) is 0 Å². The zero-order chi connectivity index (χ0) is 22.3. The lowest BCUT2D eigenvalue weighted by Gasteiger charge is -2.14. The number of phenolic OH excluding ortho intramolecular Hbond substituents is 1. The van der Waals surface area contributed by atoms with Crippen molar-refractivity contribution in [2.45, 2.75) is 75.2 Å². The van der Waals surface area contributed by atoms with Crippen LogP contribution in [0.1, 0.15) is 70.2 Å². The number of carboxylic acid groups (broad SMARTS) is 1. The van der Waals surface area contributed by atoms with Gasteiger partial charge in [-0.25, -0.2) is 0 Å². The molecule has 4 heteroatoms. The van der Waals surface area contributed by atoms with E-state index in [-0.39, 0.29) is 12.2 Å². The second-order valence-electron chi connectivity index (χ2n) is 5.50. The molecule has 0 unspecified atom stereocenters. The summed E-state index contributed by atoms with van der Waals surface area (Å²) in [4.78, 5) is 10.7. The minimum Gasteiger partial charge on any atom is -0.508 e. The number of aromatic hydroxyl groups is 1. The van der Waals surface area contributed by atoms with Crippen LogP contribution in [0.15, 0.2) is 30.3 Å². The summed E-state index contributed by atoms with van der Waals surface area (Å²) in [6, 6.07) is 9.03. The van der Waals surface area contributed by atoms with Crippen molar-refractivity contribution in [3.8, 4) is 17.2 Å². The summed E-state index contributed by atoms with van der Waals surface area (Å²) < 4.78 is 5.93. The number of aliphatic carboxylic acids is 1. The van der Waals surface area contributed by atoms with E-state index in [0.29, 0.717) is 12.2 Å². The summed E-state index contributed by atoms with van der Waals surface area (Å²) in [5.41, 5.74) is 3.68. The third-order valence-electron chi connectivity index (χ3n) is 3.54. The van der Waals surface area contributed by atoms with E-state index in [9.17, 15) is 9.90 Å². The first-order valence-corrected chi connectivity index (χ1v) is 10.2. The van der Waals surface area contributed by atoms with Crippen molar-refractivity contribution in [3.05, 3.63) is 52.6 Å². The van der Waals surface area contributed by atoms with E-state index in [1.54, 1.807) is 18.2 Å². The molecule has 4 nitrogen and oxygen atoms in total. The first-order valence-electron chi connectivity index (χ1n) is 10.2. The first-order chi connectivity index (χ1) is 13.4. The molecular weight excluding hydrogens is 352 g/mol. The Kier molecular flexibility index (Phi) is 15.4.